The van der Waals surface area contributed by atoms with Crippen LogP contribution >= 0.6 is 0 Å². The Bertz CT molecular complexity index is 225. The molecule has 1 aliphatic heterocycles. The molecule has 0 fully saturated rings. The Hall–Kier alpha value is -0.850. The summed E-state index contributed by atoms with van der Waals surface area (Å²) >= 11 is 0. The summed E-state index contributed by atoms with van der Waals surface area (Å²) in [7, 11) is 0. The number of hydrogen-bond donors (Lipinski definition) is 0. The van der Waals surface area contributed by atoms with E-state index in [1.165, 1.54) is 5.57 Å². The van der Waals surface area contributed by atoms with E-state index in [-0.39, 0.29) is 5.41 Å². The first-order valence-electron chi connectivity index (χ1n) is 4.62. The Morgan fingerprint density at radius 3 is 2.92 bits per heavy atom. The highest BCUT2D eigenvalue weighted by molar-refractivity contribution is 5.71. The predicted molar refractivity (Wildman–Crippen MR) is 54.4 cm³/mol. The van der Waals surface area contributed by atoms with Crippen LogP contribution in [0.4, 0.5) is 0 Å². The highest BCUT2D eigenvalue weighted by Gasteiger charge is 2.24. The number of hydrogen-bond acceptors (Lipinski definition) is 1. The summed E-state index contributed by atoms with van der Waals surface area (Å²) in [5, 5.41) is 0. The lowest BCUT2D eigenvalue weighted by Gasteiger charge is -2.27. The first-order valence-corrected chi connectivity index (χ1v) is 4.62. The minimum absolute atomic E-state index is 0.139. The van der Waals surface area contributed by atoms with Crippen molar-refractivity contribution in [2.45, 2.75) is 33.1 Å². The van der Waals surface area contributed by atoms with Gasteiger partial charge in [0, 0.05) is 17.8 Å². The zero-order valence-corrected chi connectivity index (χ0v) is 8.01. The van der Waals surface area contributed by atoms with Crippen LogP contribution in [0.15, 0.2) is 29.4 Å². The lowest BCUT2D eigenvalue weighted by Crippen LogP contribution is -2.21. The van der Waals surface area contributed by atoms with Crippen molar-refractivity contribution in [1.82, 2.24) is 0 Å². The van der Waals surface area contributed by atoms with E-state index in [2.05, 4.69) is 25.4 Å². The first kappa shape index (κ1) is 9.24. The maximum atomic E-state index is 4.27. The Morgan fingerprint density at radius 2 is 2.42 bits per heavy atom. The third-order valence-electron chi connectivity index (χ3n) is 2.66. The van der Waals surface area contributed by atoms with Crippen LogP contribution in [0.25, 0.3) is 0 Å². The molecule has 0 spiro atoms. The van der Waals surface area contributed by atoms with Gasteiger partial charge in [0.15, 0.2) is 0 Å². The van der Waals surface area contributed by atoms with Crippen LogP contribution in [0.1, 0.15) is 33.1 Å². The van der Waals surface area contributed by atoms with Crippen LogP contribution in [-0.2, 0) is 0 Å². The van der Waals surface area contributed by atoms with Crippen molar-refractivity contribution in [3.8, 4) is 0 Å². The van der Waals surface area contributed by atoms with Gasteiger partial charge < -0.3 is 0 Å². The molecule has 1 unspecified atom stereocenters. The molecule has 0 bridgehead atoms. The second kappa shape index (κ2) is 3.70. The van der Waals surface area contributed by atoms with Gasteiger partial charge in [0.25, 0.3) is 0 Å². The van der Waals surface area contributed by atoms with E-state index in [0.717, 1.165) is 19.3 Å². The normalized spacial score (nSPS) is 28.3. The van der Waals surface area contributed by atoms with Gasteiger partial charge in [-0.3, -0.25) is 4.99 Å². The molecule has 0 aromatic carbocycles. The van der Waals surface area contributed by atoms with Gasteiger partial charge in [0.05, 0.1) is 0 Å². The van der Waals surface area contributed by atoms with Gasteiger partial charge in [-0.15, -0.1) is 6.58 Å². The van der Waals surface area contributed by atoms with E-state index in [9.17, 15) is 0 Å². The Morgan fingerprint density at radius 1 is 1.67 bits per heavy atom. The molecular formula is C11H17N. The van der Waals surface area contributed by atoms with Gasteiger partial charge >= 0.3 is 0 Å². The van der Waals surface area contributed by atoms with Crippen LogP contribution in [0.2, 0.25) is 0 Å². The summed E-state index contributed by atoms with van der Waals surface area (Å²) in [4.78, 5) is 4.27. The van der Waals surface area contributed by atoms with Crippen LogP contribution in [0, 0.1) is 5.41 Å². The minimum Gasteiger partial charge on any atom is -0.268 e. The molecule has 1 aliphatic rings. The third-order valence-corrected chi connectivity index (χ3v) is 2.66. The lowest BCUT2D eigenvalue weighted by molar-refractivity contribution is 0.506. The van der Waals surface area contributed by atoms with Crippen LogP contribution in [0.5, 0.6) is 0 Å². The van der Waals surface area contributed by atoms with E-state index >= 15 is 0 Å². The second-order valence-corrected chi connectivity index (χ2v) is 3.39. The molecule has 0 aromatic rings. The fourth-order valence-corrected chi connectivity index (χ4v) is 1.51. The predicted octanol–water partition coefficient (Wildman–Crippen LogP) is 3.34. The maximum absolute atomic E-state index is 4.27. The summed E-state index contributed by atoms with van der Waals surface area (Å²) in [6, 6.07) is 0. The molecule has 12 heavy (non-hydrogen) atoms. The van der Waals surface area contributed by atoms with Crippen molar-refractivity contribution in [3.63, 3.8) is 0 Å². The first-order chi connectivity index (χ1) is 5.76. The van der Waals surface area contributed by atoms with Crippen LogP contribution < -0.4 is 0 Å². The Kier molecular flexibility index (Phi) is 2.85. The smallest absolute Gasteiger partial charge is 0.0268 e. The molecule has 1 atom stereocenters. The largest absolute Gasteiger partial charge is 0.268 e. The van der Waals surface area contributed by atoms with E-state index in [0.29, 0.717) is 0 Å². The van der Waals surface area contributed by atoms with Crippen LogP contribution in [0.3, 0.4) is 0 Å². The Balaban J connectivity index is 2.80. The summed E-state index contributed by atoms with van der Waals surface area (Å²) in [6.45, 7) is 8.24. The van der Waals surface area contributed by atoms with Gasteiger partial charge in [-0.05, 0) is 19.3 Å². The zero-order valence-electron chi connectivity index (χ0n) is 8.01. The van der Waals surface area contributed by atoms with Crippen molar-refractivity contribution in [1.29, 1.82) is 0 Å². The van der Waals surface area contributed by atoms with Crippen molar-refractivity contribution in [2.75, 3.05) is 0 Å². The average molecular weight is 163 g/mol. The number of nitrogens with zero attached hydrogens (tertiary/aromatic N) is 1. The van der Waals surface area contributed by atoms with Gasteiger partial charge in [-0.1, -0.05) is 25.5 Å². The maximum Gasteiger partial charge on any atom is 0.0268 e. The standard InChI is InChI=1S/C11H17N/c1-4-10-7-11(5-2,6-3)9-12-8-10/h5,8-9H,2,4,6-7H2,1,3H3. The minimum atomic E-state index is 0.139. The molecule has 1 nitrogen and oxygen atoms in total. The number of rotatable bonds is 3. The van der Waals surface area contributed by atoms with Crippen molar-refractivity contribution in [3.05, 3.63) is 24.4 Å². The summed E-state index contributed by atoms with van der Waals surface area (Å²) < 4.78 is 0. The summed E-state index contributed by atoms with van der Waals surface area (Å²) in [5.41, 5.74) is 1.57. The highest BCUT2D eigenvalue weighted by Crippen LogP contribution is 2.33. The molecular weight excluding hydrogens is 146 g/mol. The fraction of sp³-hybridized carbons (Fsp3) is 0.545. The molecule has 0 amide bonds. The van der Waals surface area contributed by atoms with E-state index in [4.69, 9.17) is 0 Å². The van der Waals surface area contributed by atoms with Crippen molar-refractivity contribution in [2.24, 2.45) is 10.4 Å². The van der Waals surface area contributed by atoms with E-state index in [1.54, 1.807) is 0 Å². The third kappa shape index (κ3) is 1.66. The molecule has 1 rings (SSSR count). The summed E-state index contributed by atoms with van der Waals surface area (Å²) in [5.74, 6) is 0. The molecule has 0 aromatic heterocycles. The molecule has 0 saturated carbocycles. The molecule has 0 radical (unpaired) electrons. The monoisotopic (exact) mass is 163 g/mol. The van der Waals surface area contributed by atoms with Gasteiger partial charge in [-0.2, -0.15) is 0 Å². The summed E-state index contributed by atoms with van der Waals surface area (Å²) in [6.07, 6.45) is 9.34. The molecule has 0 N–H and O–H groups in total. The molecule has 1 heteroatoms. The lowest BCUT2D eigenvalue weighted by atomic mass is 9.79. The molecule has 1 heterocycles. The van der Waals surface area contributed by atoms with Crippen molar-refractivity contribution < 1.29 is 0 Å². The Labute approximate surface area is 74.9 Å². The quantitative estimate of drug-likeness (QED) is 0.566. The van der Waals surface area contributed by atoms with Crippen molar-refractivity contribution >= 4 is 6.21 Å². The highest BCUT2D eigenvalue weighted by atomic mass is 14.7. The molecule has 0 saturated heterocycles. The van der Waals surface area contributed by atoms with Crippen LogP contribution in [-0.4, -0.2) is 6.21 Å². The number of allylic oxidation sites excluding steroid dienone is 2. The second-order valence-electron chi connectivity index (χ2n) is 3.39. The molecule has 66 valence electrons. The van der Waals surface area contributed by atoms with E-state index in [1.807, 2.05) is 18.5 Å². The van der Waals surface area contributed by atoms with E-state index < -0.39 is 0 Å². The van der Waals surface area contributed by atoms with Gasteiger partial charge in [-0.25, -0.2) is 0 Å². The topological polar surface area (TPSA) is 12.4 Å². The average Bonchev–Trinajstić information content (AvgIpc) is 2.18. The van der Waals surface area contributed by atoms with Gasteiger partial charge in [0.1, 0.15) is 0 Å². The number of aliphatic imine (C=N–C) groups is 1. The zero-order chi connectivity index (χ0) is 9.03. The van der Waals surface area contributed by atoms with Gasteiger partial charge in [0.2, 0.25) is 0 Å². The molecule has 0 aliphatic carbocycles. The SMILES string of the molecule is C=CC1(CC)C=NC=C(CC)C1. The fourth-order valence-electron chi connectivity index (χ4n) is 1.51.